The quantitative estimate of drug-likeness (QED) is 0.574. The zero-order valence-electron chi connectivity index (χ0n) is 18.0. The average Bonchev–Trinajstić information content (AvgIpc) is 2.67. The first-order valence-electron chi connectivity index (χ1n) is 9.72. The first-order valence-corrected chi connectivity index (χ1v) is 12.6. The number of rotatable bonds is 7. The molecule has 0 aliphatic rings. The van der Waals surface area contributed by atoms with Crippen LogP contribution in [0.3, 0.4) is 0 Å². The fourth-order valence-electron chi connectivity index (χ4n) is 3.60. The van der Waals surface area contributed by atoms with Crippen molar-refractivity contribution < 1.29 is 16.8 Å². The van der Waals surface area contributed by atoms with Crippen LogP contribution in [-0.4, -0.2) is 28.2 Å². The Labute approximate surface area is 184 Å². The average molecular weight is 459 g/mol. The summed E-state index contributed by atoms with van der Waals surface area (Å²) in [5, 5.41) is 0. The van der Waals surface area contributed by atoms with E-state index in [0.29, 0.717) is 16.8 Å². The summed E-state index contributed by atoms with van der Waals surface area (Å²) in [6, 6.07) is 18.7. The monoisotopic (exact) mass is 458 g/mol. The zero-order valence-corrected chi connectivity index (χ0v) is 19.6. The fourth-order valence-corrected chi connectivity index (χ4v) is 6.27. The van der Waals surface area contributed by atoms with Crippen LogP contribution in [0.1, 0.15) is 22.3 Å². The maximum Gasteiger partial charge on any atom is 0.262 e. The minimum Gasteiger partial charge on any atom is -0.280 e. The summed E-state index contributed by atoms with van der Waals surface area (Å²) in [5.41, 5.74) is 3.48. The van der Waals surface area contributed by atoms with Crippen molar-refractivity contribution in [1.82, 2.24) is 4.31 Å². The van der Waals surface area contributed by atoms with Crippen molar-refractivity contribution >= 4 is 25.7 Å². The lowest BCUT2D eigenvalue weighted by atomic mass is 10.1. The van der Waals surface area contributed by atoms with Gasteiger partial charge >= 0.3 is 0 Å². The number of benzene rings is 3. The van der Waals surface area contributed by atoms with E-state index in [2.05, 4.69) is 4.72 Å². The van der Waals surface area contributed by atoms with Crippen molar-refractivity contribution in [2.75, 3.05) is 11.8 Å². The standard InChI is InChI=1S/C23H26N2O4S2/c1-17-14-18(2)23(19(3)15-17)30(26,27)24-21-10-12-22(13-11-21)31(28,29)25(4)16-20-8-6-5-7-9-20/h5-15,24H,16H2,1-4H3. The smallest absolute Gasteiger partial charge is 0.262 e. The van der Waals surface area contributed by atoms with Gasteiger partial charge in [-0.15, -0.1) is 0 Å². The zero-order chi connectivity index (χ0) is 22.8. The Bertz CT molecular complexity index is 1260. The second kappa shape index (κ2) is 8.82. The molecule has 3 aromatic rings. The van der Waals surface area contributed by atoms with E-state index >= 15 is 0 Å². The second-order valence-corrected chi connectivity index (χ2v) is 11.3. The molecule has 6 nitrogen and oxygen atoms in total. The normalized spacial score (nSPS) is 12.2. The van der Waals surface area contributed by atoms with E-state index in [-0.39, 0.29) is 16.3 Å². The van der Waals surface area contributed by atoms with Crippen LogP contribution in [0.15, 0.2) is 76.5 Å². The Kier molecular flexibility index (Phi) is 6.54. The van der Waals surface area contributed by atoms with E-state index in [9.17, 15) is 16.8 Å². The summed E-state index contributed by atoms with van der Waals surface area (Å²) < 4.78 is 55.4. The van der Waals surface area contributed by atoms with Gasteiger partial charge in [-0.1, -0.05) is 48.0 Å². The number of nitrogens with one attached hydrogen (secondary N) is 1. The molecule has 0 aliphatic heterocycles. The van der Waals surface area contributed by atoms with E-state index in [1.54, 1.807) is 13.8 Å². The van der Waals surface area contributed by atoms with Crippen molar-refractivity contribution in [3.63, 3.8) is 0 Å². The molecule has 0 spiro atoms. The van der Waals surface area contributed by atoms with Crippen LogP contribution < -0.4 is 4.72 Å². The third-order valence-electron chi connectivity index (χ3n) is 4.94. The van der Waals surface area contributed by atoms with Crippen LogP contribution in [0.25, 0.3) is 0 Å². The summed E-state index contributed by atoms with van der Waals surface area (Å²) >= 11 is 0. The Morgan fingerprint density at radius 1 is 0.806 bits per heavy atom. The molecule has 8 heteroatoms. The first-order chi connectivity index (χ1) is 14.5. The molecule has 3 aromatic carbocycles. The SMILES string of the molecule is Cc1cc(C)c(S(=O)(=O)Nc2ccc(S(=O)(=O)N(C)Cc3ccccc3)cc2)c(C)c1. The number of aryl methyl sites for hydroxylation is 3. The van der Waals surface area contributed by atoms with Gasteiger partial charge in [-0.25, -0.2) is 16.8 Å². The number of hydrogen-bond acceptors (Lipinski definition) is 4. The predicted molar refractivity (Wildman–Crippen MR) is 123 cm³/mol. The maximum absolute atomic E-state index is 12.9. The van der Waals surface area contributed by atoms with Gasteiger partial charge in [0.1, 0.15) is 0 Å². The topological polar surface area (TPSA) is 83.5 Å². The van der Waals surface area contributed by atoms with Crippen LogP contribution in [-0.2, 0) is 26.6 Å². The fraction of sp³-hybridized carbons (Fsp3) is 0.217. The summed E-state index contributed by atoms with van der Waals surface area (Å²) in [5.74, 6) is 0. The number of anilines is 1. The maximum atomic E-state index is 12.9. The van der Waals surface area contributed by atoms with Crippen molar-refractivity contribution in [3.05, 3.63) is 89.0 Å². The van der Waals surface area contributed by atoms with Gasteiger partial charge in [-0.3, -0.25) is 4.72 Å². The lowest BCUT2D eigenvalue weighted by molar-refractivity contribution is 0.467. The Morgan fingerprint density at radius 2 is 1.35 bits per heavy atom. The molecule has 0 saturated heterocycles. The largest absolute Gasteiger partial charge is 0.280 e. The molecule has 1 N–H and O–H groups in total. The van der Waals surface area contributed by atoms with Crippen molar-refractivity contribution in [3.8, 4) is 0 Å². The van der Waals surface area contributed by atoms with Crippen molar-refractivity contribution in [2.45, 2.75) is 37.1 Å². The minimum absolute atomic E-state index is 0.0941. The molecule has 0 radical (unpaired) electrons. The number of sulfonamides is 2. The van der Waals surface area contributed by atoms with E-state index in [4.69, 9.17) is 0 Å². The van der Waals surface area contributed by atoms with Gasteiger partial charge in [0, 0.05) is 19.3 Å². The molecule has 164 valence electrons. The molecular weight excluding hydrogens is 432 g/mol. The molecule has 0 aliphatic carbocycles. The van der Waals surface area contributed by atoms with E-state index in [1.165, 1.54) is 35.6 Å². The predicted octanol–water partition coefficient (Wildman–Crippen LogP) is 4.23. The van der Waals surface area contributed by atoms with Gasteiger partial charge in [-0.05, 0) is 61.7 Å². The van der Waals surface area contributed by atoms with Gasteiger partial charge in [0.25, 0.3) is 10.0 Å². The minimum atomic E-state index is -3.81. The second-order valence-electron chi connectivity index (χ2n) is 7.60. The highest BCUT2D eigenvalue weighted by atomic mass is 32.2. The summed E-state index contributed by atoms with van der Waals surface area (Å²) in [7, 11) is -6.00. The van der Waals surface area contributed by atoms with Gasteiger partial charge in [0.15, 0.2) is 0 Å². The molecule has 3 rings (SSSR count). The summed E-state index contributed by atoms with van der Waals surface area (Å²) in [6.07, 6.45) is 0. The van der Waals surface area contributed by atoms with E-state index in [1.807, 2.05) is 49.4 Å². The van der Waals surface area contributed by atoms with E-state index in [0.717, 1.165) is 11.1 Å². The van der Waals surface area contributed by atoms with Crippen LogP contribution >= 0.6 is 0 Å². The molecule has 0 unspecified atom stereocenters. The summed E-state index contributed by atoms with van der Waals surface area (Å²) in [4.78, 5) is 0.328. The molecule has 31 heavy (non-hydrogen) atoms. The van der Waals surface area contributed by atoms with Crippen molar-refractivity contribution in [1.29, 1.82) is 0 Å². The highest BCUT2D eigenvalue weighted by Gasteiger charge is 2.23. The Balaban J connectivity index is 1.81. The van der Waals surface area contributed by atoms with Crippen LogP contribution in [0.4, 0.5) is 5.69 Å². The van der Waals surface area contributed by atoms with Gasteiger partial charge in [-0.2, -0.15) is 4.31 Å². The molecule has 0 atom stereocenters. The molecule has 0 aromatic heterocycles. The lowest BCUT2D eigenvalue weighted by Gasteiger charge is -2.18. The molecule has 0 fully saturated rings. The number of nitrogens with zero attached hydrogens (tertiary/aromatic N) is 1. The van der Waals surface area contributed by atoms with Gasteiger partial charge < -0.3 is 0 Å². The molecular formula is C23H26N2O4S2. The molecule has 0 heterocycles. The van der Waals surface area contributed by atoms with E-state index < -0.39 is 20.0 Å². The van der Waals surface area contributed by atoms with Crippen molar-refractivity contribution in [2.24, 2.45) is 0 Å². The molecule has 0 amide bonds. The summed E-state index contributed by atoms with van der Waals surface area (Å²) in [6.45, 7) is 5.67. The van der Waals surface area contributed by atoms with Gasteiger partial charge in [0.2, 0.25) is 10.0 Å². The lowest BCUT2D eigenvalue weighted by Crippen LogP contribution is -2.26. The van der Waals surface area contributed by atoms with Crippen LogP contribution in [0.5, 0.6) is 0 Å². The molecule has 0 bridgehead atoms. The number of hydrogen-bond donors (Lipinski definition) is 1. The van der Waals surface area contributed by atoms with Crippen LogP contribution in [0, 0.1) is 20.8 Å². The third kappa shape index (κ3) is 5.15. The molecule has 0 saturated carbocycles. The Hall–Kier alpha value is -2.68. The first kappa shape index (κ1) is 23.0. The highest BCUT2D eigenvalue weighted by molar-refractivity contribution is 7.92. The highest BCUT2D eigenvalue weighted by Crippen LogP contribution is 2.25. The third-order valence-corrected chi connectivity index (χ3v) is 8.44. The van der Waals surface area contributed by atoms with Crippen LogP contribution in [0.2, 0.25) is 0 Å². The van der Waals surface area contributed by atoms with Gasteiger partial charge in [0.05, 0.1) is 9.79 Å². The Morgan fingerprint density at radius 3 is 1.90 bits per heavy atom.